The van der Waals surface area contributed by atoms with Crippen molar-refractivity contribution in [1.82, 2.24) is 15.2 Å². The third-order valence-electron chi connectivity index (χ3n) is 1.54. The minimum atomic E-state index is -0.666. The molecule has 2 rings (SSSR count). The third-order valence-corrected chi connectivity index (χ3v) is 1.54. The minimum absolute atomic E-state index is 0. The van der Waals surface area contributed by atoms with Gasteiger partial charge >= 0.3 is 51.4 Å². The predicted octanol–water partition coefficient (Wildman–Crippen LogP) is -2.86. The van der Waals surface area contributed by atoms with Crippen molar-refractivity contribution >= 4 is 10.9 Å². The Kier molecular flexibility index (Phi) is 3.57. The monoisotopic (exact) mass is 201 g/mol. The van der Waals surface area contributed by atoms with Gasteiger partial charge in [-0.2, -0.15) is 0 Å². The van der Waals surface area contributed by atoms with Gasteiger partial charge in [-0.1, -0.05) is 17.3 Å². The van der Waals surface area contributed by atoms with Crippen LogP contribution in [0.1, 0.15) is 0 Å². The molecule has 6 heteroatoms. The molecular formula is C7H4KN3O2. The summed E-state index contributed by atoms with van der Waals surface area (Å²) in [6.07, 6.45) is 0. The summed E-state index contributed by atoms with van der Waals surface area (Å²) in [5.74, 6) is 0. The van der Waals surface area contributed by atoms with Crippen LogP contribution in [0.2, 0.25) is 0 Å². The number of fused-ring (bicyclic) bond motifs is 1. The quantitative estimate of drug-likeness (QED) is 0.430. The summed E-state index contributed by atoms with van der Waals surface area (Å²) in [6, 6.07) is 6.57. The Morgan fingerprint density at radius 2 is 2.00 bits per heavy atom. The van der Waals surface area contributed by atoms with Crippen molar-refractivity contribution < 1.29 is 51.4 Å². The molecule has 0 saturated carbocycles. The van der Waals surface area contributed by atoms with Gasteiger partial charge in [0.2, 0.25) is 0 Å². The normalized spacial score (nSPS) is 9.54. The van der Waals surface area contributed by atoms with Gasteiger partial charge in [0.25, 0.3) is 5.56 Å². The maximum absolute atomic E-state index is 11.1. The van der Waals surface area contributed by atoms with Crippen LogP contribution in [0.4, 0.5) is 0 Å². The first-order valence-electron chi connectivity index (χ1n) is 3.31. The van der Waals surface area contributed by atoms with Gasteiger partial charge in [-0.25, -0.2) is 4.85 Å². The summed E-state index contributed by atoms with van der Waals surface area (Å²) < 4.78 is 0. The van der Waals surface area contributed by atoms with E-state index in [0.29, 0.717) is 10.9 Å². The minimum Gasteiger partial charge on any atom is -0.787 e. The number of hydrogen-bond acceptors (Lipinski definition) is 4. The Bertz CT molecular complexity index is 482. The maximum Gasteiger partial charge on any atom is 1.00 e. The van der Waals surface area contributed by atoms with Gasteiger partial charge in [0.15, 0.2) is 0 Å². The van der Waals surface area contributed by atoms with Gasteiger partial charge in [-0.15, -0.1) is 5.10 Å². The molecule has 60 valence electrons. The predicted molar refractivity (Wildman–Crippen MR) is 42.6 cm³/mol. The first-order chi connectivity index (χ1) is 5.79. The Labute approximate surface area is 116 Å². The SMILES string of the molecule is O=c1c2ccccc2nnn1[O-].[K+]. The van der Waals surface area contributed by atoms with E-state index in [2.05, 4.69) is 10.3 Å². The van der Waals surface area contributed by atoms with Crippen molar-refractivity contribution in [2.45, 2.75) is 0 Å². The molecule has 0 fully saturated rings. The molecule has 1 heterocycles. The van der Waals surface area contributed by atoms with E-state index in [4.69, 9.17) is 0 Å². The smallest absolute Gasteiger partial charge is 0.787 e. The van der Waals surface area contributed by atoms with Crippen LogP contribution in [0, 0.1) is 5.21 Å². The molecule has 0 aliphatic heterocycles. The second-order valence-electron chi connectivity index (χ2n) is 2.28. The Balaban J connectivity index is 0.000000845. The topological polar surface area (TPSA) is 70.8 Å². The van der Waals surface area contributed by atoms with Crippen molar-refractivity contribution in [1.29, 1.82) is 0 Å². The second-order valence-corrected chi connectivity index (χ2v) is 2.28. The van der Waals surface area contributed by atoms with Crippen LogP contribution in [-0.2, 0) is 0 Å². The summed E-state index contributed by atoms with van der Waals surface area (Å²) in [7, 11) is 0. The third kappa shape index (κ3) is 1.97. The number of aromatic nitrogens is 3. The zero-order chi connectivity index (χ0) is 8.55. The zero-order valence-electron chi connectivity index (χ0n) is 6.97. The zero-order valence-corrected chi connectivity index (χ0v) is 10.1. The Hall–Kier alpha value is -0.274. The molecule has 13 heavy (non-hydrogen) atoms. The van der Waals surface area contributed by atoms with Crippen molar-refractivity contribution in [2.24, 2.45) is 0 Å². The van der Waals surface area contributed by atoms with Crippen LogP contribution in [0.5, 0.6) is 0 Å². The molecule has 1 aromatic carbocycles. The Morgan fingerprint density at radius 3 is 2.77 bits per heavy atom. The summed E-state index contributed by atoms with van der Waals surface area (Å²) in [6.45, 7) is 0. The largest absolute Gasteiger partial charge is 1.00 e. The fourth-order valence-electron chi connectivity index (χ4n) is 0.974. The van der Waals surface area contributed by atoms with E-state index in [1.807, 2.05) is 0 Å². The summed E-state index contributed by atoms with van der Waals surface area (Å²) >= 11 is 0. The number of nitrogens with zero attached hydrogens (tertiary/aromatic N) is 3. The van der Waals surface area contributed by atoms with Gasteiger partial charge < -0.3 is 5.21 Å². The molecule has 0 radical (unpaired) electrons. The fraction of sp³-hybridized carbons (Fsp3) is 0. The number of hydrogen-bond donors (Lipinski definition) is 0. The molecule has 0 saturated heterocycles. The van der Waals surface area contributed by atoms with Crippen LogP contribution in [0.15, 0.2) is 29.1 Å². The molecule has 0 aliphatic carbocycles. The molecule has 5 nitrogen and oxygen atoms in total. The van der Waals surface area contributed by atoms with E-state index < -0.39 is 5.56 Å². The van der Waals surface area contributed by atoms with Gasteiger partial charge in [-0.3, -0.25) is 4.79 Å². The van der Waals surface area contributed by atoms with Crippen molar-refractivity contribution in [3.63, 3.8) is 0 Å². The second kappa shape index (κ2) is 4.29. The first-order valence-corrected chi connectivity index (χ1v) is 3.31. The van der Waals surface area contributed by atoms with E-state index in [0.717, 1.165) is 0 Å². The van der Waals surface area contributed by atoms with E-state index in [9.17, 15) is 10.0 Å². The molecule has 0 spiro atoms. The molecule has 2 aromatic rings. The molecule has 0 bridgehead atoms. The van der Waals surface area contributed by atoms with Gasteiger partial charge in [-0.05, 0) is 12.1 Å². The van der Waals surface area contributed by atoms with Crippen molar-refractivity contribution in [3.05, 3.63) is 39.8 Å². The molecule has 0 N–H and O–H groups in total. The van der Waals surface area contributed by atoms with Crippen LogP contribution in [-0.4, -0.2) is 15.2 Å². The fourth-order valence-corrected chi connectivity index (χ4v) is 0.974. The maximum atomic E-state index is 11.1. The van der Waals surface area contributed by atoms with Crippen molar-refractivity contribution in [3.8, 4) is 0 Å². The Morgan fingerprint density at radius 1 is 1.31 bits per heavy atom. The summed E-state index contributed by atoms with van der Waals surface area (Å²) in [5, 5.41) is 17.6. The summed E-state index contributed by atoms with van der Waals surface area (Å²) in [4.78, 5) is 11.1. The van der Waals surface area contributed by atoms with E-state index >= 15 is 0 Å². The van der Waals surface area contributed by atoms with Crippen LogP contribution in [0.25, 0.3) is 10.9 Å². The molecule has 0 unspecified atom stereocenters. The number of benzene rings is 1. The van der Waals surface area contributed by atoms with Crippen LogP contribution < -0.4 is 56.9 Å². The van der Waals surface area contributed by atoms with E-state index in [-0.39, 0.29) is 56.2 Å². The number of rotatable bonds is 0. The van der Waals surface area contributed by atoms with Gasteiger partial charge in [0.05, 0.1) is 5.39 Å². The molecule has 0 aliphatic rings. The average Bonchev–Trinajstić information content (AvgIpc) is 2.12. The average molecular weight is 201 g/mol. The van der Waals surface area contributed by atoms with Crippen LogP contribution >= 0.6 is 0 Å². The van der Waals surface area contributed by atoms with E-state index in [1.54, 1.807) is 24.3 Å². The standard InChI is InChI=1S/C7H4N3O2.K/c11-7-5-3-1-2-4-6(5)8-9-10(7)12;/h1-4H;/q-1;+1. The van der Waals surface area contributed by atoms with Gasteiger partial charge in [0, 0.05) is 0 Å². The van der Waals surface area contributed by atoms with Crippen LogP contribution in [0.3, 0.4) is 0 Å². The summed E-state index contributed by atoms with van der Waals surface area (Å²) in [5.41, 5.74) is -0.227. The van der Waals surface area contributed by atoms with Gasteiger partial charge in [0.1, 0.15) is 5.52 Å². The molecule has 1 aromatic heterocycles. The van der Waals surface area contributed by atoms with Crippen molar-refractivity contribution in [2.75, 3.05) is 0 Å². The molecule has 0 amide bonds. The molecular weight excluding hydrogens is 197 g/mol. The first kappa shape index (κ1) is 10.8. The molecule has 0 atom stereocenters. The van der Waals surface area contributed by atoms with E-state index in [1.165, 1.54) is 0 Å².